The number of carboxylic acid groups (broad SMARTS) is 1. The smallest absolute Gasteiger partial charge is 0.411 e. The number of amides is 1. The molecule has 0 aromatic heterocycles. The van der Waals surface area contributed by atoms with Crippen molar-refractivity contribution in [2.45, 2.75) is 19.1 Å². The lowest BCUT2D eigenvalue weighted by Crippen LogP contribution is -2.43. The molecule has 1 aromatic rings. The monoisotopic (exact) mass is 263 g/mol. The van der Waals surface area contributed by atoms with Gasteiger partial charge in [-0.1, -0.05) is 30.3 Å². The summed E-state index contributed by atoms with van der Waals surface area (Å²) in [5.74, 6) is -1.79. The predicted molar refractivity (Wildman–Crippen MR) is 64.4 cm³/mol. The molecule has 0 radical (unpaired) electrons. The van der Waals surface area contributed by atoms with E-state index in [-0.39, 0.29) is 19.6 Å². The maximum absolute atomic E-state index is 11.8. The van der Waals surface area contributed by atoms with Crippen molar-refractivity contribution in [3.05, 3.63) is 35.9 Å². The maximum atomic E-state index is 11.8. The number of carbonyl (C=O) groups is 3. The van der Waals surface area contributed by atoms with E-state index in [0.29, 0.717) is 0 Å². The third kappa shape index (κ3) is 2.90. The Kier molecular flexibility index (Phi) is 3.79. The van der Waals surface area contributed by atoms with E-state index in [2.05, 4.69) is 0 Å². The van der Waals surface area contributed by atoms with Gasteiger partial charge in [-0.3, -0.25) is 9.69 Å². The first-order valence-electron chi connectivity index (χ1n) is 5.82. The predicted octanol–water partition coefficient (Wildman–Crippen LogP) is 1.05. The zero-order valence-corrected chi connectivity index (χ0v) is 10.1. The van der Waals surface area contributed by atoms with Crippen molar-refractivity contribution in [3.63, 3.8) is 0 Å². The molecule has 1 fully saturated rings. The molecule has 100 valence electrons. The first kappa shape index (κ1) is 13.1. The molecular formula is C13H13NO5. The van der Waals surface area contributed by atoms with Gasteiger partial charge in [0.05, 0.1) is 0 Å². The van der Waals surface area contributed by atoms with Crippen LogP contribution in [0.25, 0.3) is 0 Å². The Balaban J connectivity index is 1.96. The molecule has 1 N–H and O–H groups in total. The lowest BCUT2D eigenvalue weighted by molar-refractivity contribution is -0.144. The molecule has 0 spiro atoms. The highest BCUT2D eigenvalue weighted by atomic mass is 16.6. The number of ketones is 1. The van der Waals surface area contributed by atoms with Crippen LogP contribution in [0.4, 0.5) is 4.79 Å². The number of hydrogen-bond acceptors (Lipinski definition) is 4. The fraction of sp³-hybridized carbons (Fsp3) is 0.308. The summed E-state index contributed by atoms with van der Waals surface area (Å²) >= 11 is 0. The van der Waals surface area contributed by atoms with E-state index >= 15 is 0 Å². The normalized spacial score (nSPS) is 18.4. The molecule has 0 aliphatic carbocycles. The molecule has 1 amide bonds. The standard InChI is InChI=1S/C13H13NO5/c15-10-6-7-14(11(10)12(16)17)13(18)19-8-9-4-2-1-3-5-9/h1-5,11H,6-8H2,(H,16,17). The van der Waals surface area contributed by atoms with Gasteiger partial charge in [-0.2, -0.15) is 0 Å². The van der Waals surface area contributed by atoms with Crippen molar-refractivity contribution >= 4 is 17.8 Å². The molecule has 1 saturated heterocycles. The van der Waals surface area contributed by atoms with E-state index in [1.165, 1.54) is 0 Å². The zero-order valence-electron chi connectivity index (χ0n) is 10.1. The molecule has 19 heavy (non-hydrogen) atoms. The Hall–Kier alpha value is -2.37. The quantitative estimate of drug-likeness (QED) is 0.824. The number of rotatable bonds is 3. The van der Waals surface area contributed by atoms with Crippen molar-refractivity contribution < 1.29 is 24.2 Å². The average Bonchev–Trinajstić information content (AvgIpc) is 2.79. The van der Waals surface area contributed by atoms with Crippen molar-refractivity contribution in [2.75, 3.05) is 6.54 Å². The Morgan fingerprint density at radius 2 is 2.00 bits per heavy atom. The minimum Gasteiger partial charge on any atom is -0.479 e. The summed E-state index contributed by atoms with van der Waals surface area (Å²) in [7, 11) is 0. The summed E-state index contributed by atoms with van der Waals surface area (Å²) in [6, 6.07) is 7.62. The number of ether oxygens (including phenoxy) is 1. The summed E-state index contributed by atoms with van der Waals surface area (Å²) in [5.41, 5.74) is 0.799. The molecular weight excluding hydrogens is 250 g/mol. The van der Waals surface area contributed by atoms with Gasteiger partial charge in [-0.05, 0) is 5.56 Å². The second-order valence-electron chi connectivity index (χ2n) is 4.19. The van der Waals surface area contributed by atoms with Crippen LogP contribution in [0.5, 0.6) is 0 Å². The Morgan fingerprint density at radius 3 is 2.63 bits per heavy atom. The lowest BCUT2D eigenvalue weighted by atomic mass is 10.2. The minimum atomic E-state index is -1.41. The summed E-state index contributed by atoms with van der Waals surface area (Å²) in [4.78, 5) is 35.0. The summed E-state index contributed by atoms with van der Waals surface area (Å²) < 4.78 is 5.01. The third-order valence-corrected chi connectivity index (χ3v) is 2.89. The molecule has 0 bridgehead atoms. The summed E-state index contributed by atoms with van der Waals surface area (Å²) in [6.45, 7) is 0.139. The maximum Gasteiger partial charge on any atom is 0.411 e. The number of aliphatic carboxylic acids is 1. The fourth-order valence-corrected chi connectivity index (χ4v) is 1.94. The van der Waals surface area contributed by atoms with Crippen molar-refractivity contribution in [1.82, 2.24) is 4.90 Å². The van der Waals surface area contributed by atoms with Crippen molar-refractivity contribution in [2.24, 2.45) is 0 Å². The topological polar surface area (TPSA) is 83.9 Å². The molecule has 2 rings (SSSR count). The van der Waals surface area contributed by atoms with Gasteiger partial charge in [0.15, 0.2) is 11.8 Å². The molecule has 1 heterocycles. The molecule has 6 heteroatoms. The van der Waals surface area contributed by atoms with Crippen LogP contribution in [0, 0.1) is 0 Å². The van der Waals surface area contributed by atoms with Crippen LogP contribution in [-0.2, 0) is 20.9 Å². The van der Waals surface area contributed by atoms with Gasteiger partial charge < -0.3 is 9.84 Å². The SMILES string of the molecule is O=C(O)C1C(=O)CCN1C(=O)OCc1ccccc1. The van der Waals surface area contributed by atoms with Crippen molar-refractivity contribution in [3.8, 4) is 0 Å². The average molecular weight is 263 g/mol. The number of hydrogen-bond donors (Lipinski definition) is 1. The minimum absolute atomic E-state index is 0.0523. The highest BCUT2D eigenvalue weighted by Gasteiger charge is 2.41. The second-order valence-corrected chi connectivity index (χ2v) is 4.19. The van der Waals surface area contributed by atoms with Crippen LogP contribution in [0.1, 0.15) is 12.0 Å². The number of likely N-dealkylation sites (tertiary alicyclic amines) is 1. The molecule has 1 aromatic carbocycles. The fourth-order valence-electron chi connectivity index (χ4n) is 1.94. The summed E-state index contributed by atoms with van der Waals surface area (Å²) in [5, 5.41) is 8.92. The third-order valence-electron chi connectivity index (χ3n) is 2.89. The van der Waals surface area contributed by atoms with Crippen LogP contribution >= 0.6 is 0 Å². The van der Waals surface area contributed by atoms with E-state index < -0.39 is 23.9 Å². The largest absolute Gasteiger partial charge is 0.479 e. The van der Waals surface area contributed by atoms with Gasteiger partial charge in [-0.25, -0.2) is 9.59 Å². The first-order chi connectivity index (χ1) is 9.09. The molecule has 1 aliphatic rings. The van der Waals surface area contributed by atoms with Crippen LogP contribution in [0.2, 0.25) is 0 Å². The highest BCUT2D eigenvalue weighted by Crippen LogP contribution is 2.16. The molecule has 6 nitrogen and oxygen atoms in total. The van der Waals surface area contributed by atoms with E-state index in [1.54, 1.807) is 12.1 Å². The van der Waals surface area contributed by atoms with Gasteiger partial charge in [0.25, 0.3) is 0 Å². The van der Waals surface area contributed by atoms with Gasteiger partial charge >= 0.3 is 12.1 Å². The van der Waals surface area contributed by atoms with Gasteiger partial charge in [0.2, 0.25) is 0 Å². The van der Waals surface area contributed by atoms with E-state index in [4.69, 9.17) is 9.84 Å². The number of benzene rings is 1. The van der Waals surface area contributed by atoms with Crippen LogP contribution in [0.15, 0.2) is 30.3 Å². The van der Waals surface area contributed by atoms with Crippen LogP contribution < -0.4 is 0 Å². The van der Waals surface area contributed by atoms with Gasteiger partial charge in [-0.15, -0.1) is 0 Å². The Labute approximate surface area is 109 Å². The lowest BCUT2D eigenvalue weighted by Gasteiger charge is -2.19. The highest BCUT2D eigenvalue weighted by molar-refractivity contribution is 6.06. The van der Waals surface area contributed by atoms with Gasteiger partial charge in [0, 0.05) is 13.0 Å². The van der Waals surface area contributed by atoms with E-state index in [1.807, 2.05) is 18.2 Å². The van der Waals surface area contributed by atoms with E-state index in [0.717, 1.165) is 10.5 Å². The van der Waals surface area contributed by atoms with Gasteiger partial charge in [0.1, 0.15) is 6.61 Å². The zero-order chi connectivity index (χ0) is 13.8. The number of nitrogens with zero attached hydrogens (tertiary/aromatic N) is 1. The molecule has 1 aliphatic heterocycles. The second kappa shape index (κ2) is 5.51. The Bertz CT molecular complexity index is 499. The first-order valence-corrected chi connectivity index (χ1v) is 5.82. The molecule has 1 atom stereocenters. The number of carboxylic acids is 1. The van der Waals surface area contributed by atoms with Crippen LogP contribution in [-0.4, -0.2) is 40.4 Å². The van der Waals surface area contributed by atoms with E-state index in [9.17, 15) is 14.4 Å². The number of carbonyl (C=O) groups excluding carboxylic acids is 2. The molecule has 0 saturated carbocycles. The summed E-state index contributed by atoms with van der Waals surface area (Å²) in [6.07, 6.45) is -0.723. The Morgan fingerprint density at radius 1 is 1.32 bits per heavy atom. The molecule has 1 unspecified atom stereocenters. The van der Waals surface area contributed by atoms with Crippen molar-refractivity contribution in [1.29, 1.82) is 0 Å². The number of Topliss-reactive ketones (excluding diaryl/α,β-unsaturated/α-hetero) is 1. The van der Waals surface area contributed by atoms with Crippen LogP contribution in [0.3, 0.4) is 0 Å².